The number of hydrogen-bond donors (Lipinski definition) is 4. The second kappa shape index (κ2) is 9.96. The van der Waals surface area contributed by atoms with Gasteiger partial charge < -0.3 is 15.4 Å². The van der Waals surface area contributed by atoms with Gasteiger partial charge in [-0.15, -0.1) is 0 Å². The molecule has 12 heteroatoms. The fraction of sp³-hybridized carbons (Fsp3) is 0.0500. The molecule has 1 atom stereocenters. The first kappa shape index (κ1) is 23.5. The molecule has 166 valence electrons. The van der Waals surface area contributed by atoms with Crippen molar-refractivity contribution >= 4 is 41.1 Å². The minimum absolute atomic E-state index is 0.00243. The lowest BCUT2D eigenvalue weighted by Gasteiger charge is -2.21. The van der Waals surface area contributed by atoms with Crippen LogP contribution in [0.15, 0.2) is 60.7 Å². The number of nitrogens with one attached hydrogen (secondary N) is 1. The van der Waals surface area contributed by atoms with Crippen LogP contribution < -0.4 is 15.1 Å². The Morgan fingerprint density at radius 2 is 1.66 bits per heavy atom. The van der Waals surface area contributed by atoms with Crippen molar-refractivity contribution in [2.24, 2.45) is 0 Å². The Labute approximate surface area is 183 Å². The highest BCUT2D eigenvalue weighted by Crippen LogP contribution is 2.22. The van der Waals surface area contributed by atoms with E-state index in [0.29, 0.717) is 17.7 Å². The summed E-state index contributed by atoms with van der Waals surface area (Å²) in [6.07, 6.45) is 0. The van der Waals surface area contributed by atoms with Crippen LogP contribution in [0, 0.1) is 17.5 Å². The van der Waals surface area contributed by atoms with Crippen LogP contribution in [0.4, 0.5) is 24.5 Å². The summed E-state index contributed by atoms with van der Waals surface area (Å²) in [5.74, 6) is -5.38. The summed E-state index contributed by atoms with van der Waals surface area (Å²) in [6.45, 7) is -0.108. The van der Waals surface area contributed by atoms with Crippen molar-refractivity contribution in [1.29, 1.82) is 0 Å². The number of nitrogens with zero attached hydrogens (tertiary/aromatic N) is 1. The molecule has 4 N–H and O–H groups in total. The first-order chi connectivity index (χ1) is 15.2. The SMILES string of the molecule is O=C(Nc1cc(F)c(F)c(F)c1)c1cccc(N(Cc2cccc(B(O)O)c2)S(=O)O)c1. The van der Waals surface area contributed by atoms with Crippen LogP contribution in [-0.2, 0) is 17.8 Å². The molecule has 3 aromatic rings. The molecule has 0 aromatic heterocycles. The first-order valence-corrected chi connectivity index (χ1v) is 10.1. The maximum atomic E-state index is 13.4. The molecule has 0 aliphatic carbocycles. The predicted octanol–water partition coefficient (Wildman–Crippen LogP) is 2.18. The summed E-state index contributed by atoms with van der Waals surface area (Å²) in [6, 6.07) is 12.9. The van der Waals surface area contributed by atoms with Gasteiger partial charge >= 0.3 is 7.12 Å². The van der Waals surface area contributed by atoms with E-state index in [1.54, 1.807) is 12.1 Å². The van der Waals surface area contributed by atoms with Crippen LogP contribution in [0.2, 0.25) is 0 Å². The largest absolute Gasteiger partial charge is 0.488 e. The number of rotatable bonds is 7. The molecule has 0 aliphatic heterocycles. The summed E-state index contributed by atoms with van der Waals surface area (Å²) < 4.78 is 62.5. The van der Waals surface area contributed by atoms with E-state index in [0.717, 1.165) is 4.31 Å². The molecule has 7 nitrogen and oxygen atoms in total. The highest BCUT2D eigenvalue weighted by Gasteiger charge is 2.18. The van der Waals surface area contributed by atoms with Gasteiger partial charge in [0.2, 0.25) is 0 Å². The van der Waals surface area contributed by atoms with E-state index in [1.807, 2.05) is 0 Å². The van der Waals surface area contributed by atoms with Gasteiger partial charge in [0.15, 0.2) is 17.5 Å². The highest BCUT2D eigenvalue weighted by atomic mass is 32.2. The average molecular weight is 464 g/mol. The van der Waals surface area contributed by atoms with Crippen LogP contribution in [0.3, 0.4) is 0 Å². The van der Waals surface area contributed by atoms with Crippen molar-refractivity contribution in [3.8, 4) is 0 Å². The van der Waals surface area contributed by atoms with E-state index in [1.165, 1.54) is 36.4 Å². The third-order valence-corrected chi connectivity index (χ3v) is 5.12. The van der Waals surface area contributed by atoms with Crippen LogP contribution in [0.5, 0.6) is 0 Å². The van der Waals surface area contributed by atoms with Crippen molar-refractivity contribution in [2.45, 2.75) is 6.54 Å². The van der Waals surface area contributed by atoms with E-state index in [-0.39, 0.29) is 28.9 Å². The summed E-state index contributed by atoms with van der Waals surface area (Å²) >= 11 is -2.50. The Balaban J connectivity index is 1.84. The lowest BCUT2D eigenvalue weighted by atomic mass is 9.79. The molecule has 1 amide bonds. The van der Waals surface area contributed by atoms with Gasteiger partial charge in [-0.25, -0.2) is 17.4 Å². The van der Waals surface area contributed by atoms with Gasteiger partial charge in [-0.05, 0) is 29.2 Å². The quantitative estimate of drug-likeness (QED) is 0.244. The Morgan fingerprint density at radius 1 is 1.00 bits per heavy atom. The van der Waals surface area contributed by atoms with Crippen molar-refractivity contribution < 1.29 is 36.8 Å². The monoisotopic (exact) mass is 464 g/mol. The van der Waals surface area contributed by atoms with E-state index in [4.69, 9.17) is 0 Å². The van der Waals surface area contributed by atoms with Crippen molar-refractivity contribution in [3.63, 3.8) is 0 Å². The second-order valence-electron chi connectivity index (χ2n) is 6.64. The number of hydrogen-bond acceptors (Lipinski definition) is 4. The van der Waals surface area contributed by atoms with Crippen LogP contribution in [0.25, 0.3) is 0 Å². The number of carbonyl (C=O) groups excluding carboxylic acids is 1. The predicted molar refractivity (Wildman–Crippen MR) is 114 cm³/mol. The summed E-state index contributed by atoms with van der Waals surface area (Å²) in [7, 11) is -1.71. The molecule has 0 bridgehead atoms. The number of halogens is 3. The first-order valence-electron chi connectivity index (χ1n) is 9.05. The fourth-order valence-electron chi connectivity index (χ4n) is 2.89. The zero-order chi connectivity index (χ0) is 23.4. The van der Waals surface area contributed by atoms with E-state index in [9.17, 15) is 36.8 Å². The van der Waals surface area contributed by atoms with Gasteiger partial charge in [0.05, 0.1) is 12.2 Å². The summed E-state index contributed by atoms with van der Waals surface area (Å²) in [5, 5.41) is 20.8. The van der Waals surface area contributed by atoms with Crippen molar-refractivity contribution in [3.05, 3.63) is 89.2 Å². The molecule has 0 spiro atoms. The van der Waals surface area contributed by atoms with E-state index >= 15 is 0 Å². The Bertz CT molecular complexity index is 1160. The molecule has 0 radical (unpaired) electrons. The minimum Gasteiger partial charge on any atom is -0.423 e. The highest BCUT2D eigenvalue weighted by molar-refractivity contribution is 7.80. The molecule has 0 aliphatic rings. The number of carbonyl (C=O) groups is 1. The minimum atomic E-state index is -2.50. The zero-order valence-electron chi connectivity index (χ0n) is 16.2. The molecule has 1 unspecified atom stereocenters. The van der Waals surface area contributed by atoms with Crippen molar-refractivity contribution in [1.82, 2.24) is 0 Å². The molecule has 0 heterocycles. The fourth-order valence-corrected chi connectivity index (χ4v) is 3.44. The topological polar surface area (TPSA) is 110 Å². The van der Waals surface area contributed by atoms with E-state index < -0.39 is 41.7 Å². The van der Waals surface area contributed by atoms with Gasteiger partial charge in [-0.2, -0.15) is 0 Å². The summed E-state index contributed by atoms with van der Waals surface area (Å²) in [4.78, 5) is 12.5. The Hall–Kier alpha value is -3.19. The van der Waals surface area contributed by atoms with Gasteiger partial charge in [0, 0.05) is 23.4 Å². The maximum absolute atomic E-state index is 13.4. The zero-order valence-corrected chi connectivity index (χ0v) is 17.0. The number of amides is 1. The maximum Gasteiger partial charge on any atom is 0.488 e. The Morgan fingerprint density at radius 3 is 2.28 bits per heavy atom. The standard InChI is InChI=1S/C20H16BF3N2O5S/c22-17-9-15(10-18(23)19(17)24)25-20(27)13-4-2-6-16(8-13)26(32(30)31)11-12-3-1-5-14(7-12)21(28)29/h1-10,28-29H,11H2,(H,25,27)(H,30,31). The van der Waals surface area contributed by atoms with Gasteiger partial charge in [0.1, 0.15) is 0 Å². The van der Waals surface area contributed by atoms with Gasteiger partial charge in [-0.1, -0.05) is 30.3 Å². The molecular weight excluding hydrogens is 448 g/mol. The molecular formula is C20H16BF3N2O5S. The smallest absolute Gasteiger partial charge is 0.423 e. The molecule has 3 rings (SSSR count). The van der Waals surface area contributed by atoms with Crippen LogP contribution in [0.1, 0.15) is 15.9 Å². The van der Waals surface area contributed by atoms with Crippen LogP contribution in [-0.4, -0.2) is 31.8 Å². The lowest BCUT2D eigenvalue weighted by Crippen LogP contribution is -2.31. The number of benzene rings is 3. The summed E-state index contributed by atoms with van der Waals surface area (Å²) in [5.41, 5.74) is 0.550. The van der Waals surface area contributed by atoms with Gasteiger partial charge in [0.25, 0.3) is 17.2 Å². The van der Waals surface area contributed by atoms with Gasteiger partial charge in [-0.3, -0.25) is 13.7 Å². The third kappa shape index (κ3) is 5.54. The van der Waals surface area contributed by atoms with E-state index in [2.05, 4.69) is 5.32 Å². The lowest BCUT2D eigenvalue weighted by molar-refractivity contribution is 0.102. The average Bonchev–Trinajstić information content (AvgIpc) is 2.75. The molecule has 0 saturated heterocycles. The van der Waals surface area contributed by atoms with Crippen molar-refractivity contribution in [2.75, 3.05) is 9.62 Å². The third-order valence-electron chi connectivity index (χ3n) is 4.40. The normalized spacial score (nSPS) is 11.7. The molecule has 0 fully saturated rings. The Kier molecular flexibility index (Phi) is 7.31. The molecule has 3 aromatic carbocycles. The molecule has 0 saturated carbocycles. The number of anilines is 2. The second-order valence-corrected chi connectivity index (χ2v) is 7.55. The molecule has 32 heavy (non-hydrogen) atoms. The van der Waals surface area contributed by atoms with Crippen LogP contribution >= 0.6 is 0 Å².